The largest absolute Gasteiger partial charge is 0.490 e. The number of rotatable bonds is 8. The zero-order valence-electron chi connectivity index (χ0n) is 19.0. The Morgan fingerprint density at radius 2 is 1.69 bits per heavy atom. The number of ether oxygens (including phenoxy) is 3. The van der Waals surface area contributed by atoms with Crippen LogP contribution >= 0.6 is 0 Å². The van der Waals surface area contributed by atoms with E-state index in [2.05, 4.69) is 72.7 Å². The molecule has 2 aliphatic rings. The number of nitrogens with zero attached hydrogens (tertiary/aromatic N) is 1. The van der Waals surface area contributed by atoms with Crippen LogP contribution in [0, 0.1) is 0 Å². The molecule has 2 aromatic carbocycles. The Labute approximate surface area is 190 Å². The lowest BCUT2D eigenvalue weighted by atomic mass is 9.74. The molecule has 0 aliphatic carbocycles. The summed E-state index contributed by atoms with van der Waals surface area (Å²) in [6.45, 7) is 8.39. The van der Waals surface area contributed by atoms with Crippen LogP contribution in [-0.4, -0.2) is 53.7 Å². The molecule has 2 aromatic rings. The SMILES string of the molecule is C=C=C(OC)[C@]1(O)CCO[C@]12CCO[C@H]2C(C)N(Cc1ccccc1)Cc1ccccc1. The summed E-state index contributed by atoms with van der Waals surface area (Å²) in [5.41, 5.74) is 3.05. The second kappa shape index (κ2) is 9.62. The lowest BCUT2D eigenvalue weighted by Gasteiger charge is -2.45. The average Bonchev–Trinajstić information content (AvgIpc) is 3.40. The van der Waals surface area contributed by atoms with E-state index in [9.17, 15) is 5.11 Å². The van der Waals surface area contributed by atoms with Gasteiger partial charge < -0.3 is 19.3 Å². The fourth-order valence-corrected chi connectivity index (χ4v) is 5.32. The molecule has 0 aromatic heterocycles. The van der Waals surface area contributed by atoms with Gasteiger partial charge in [0.15, 0.2) is 11.4 Å². The van der Waals surface area contributed by atoms with Crippen LogP contribution in [0.3, 0.4) is 0 Å². The molecule has 170 valence electrons. The van der Waals surface area contributed by atoms with Gasteiger partial charge in [0, 0.05) is 32.0 Å². The van der Waals surface area contributed by atoms with Crippen molar-refractivity contribution < 1.29 is 19.3 Å². The van der Waals surface area contributed by atoms with E-state index < -0.39 is 11.2 Å². The molecular formula is C27H33NO4. The Hall–Kier alpha value is -2.40. The van der Waals surface area contributed by atoms with Crippen molar-refractivity contribution in [1.29, 1.82) is 0 Å². The Kier molecular flexibility index (Phi) is 6.85. The Morgan fingerprint density at radius 3 is 2.22 bits per heavy atom. The molecule has 5 heteroatoms. The summed E-state index contributed by atoms with van der Waals surface area (Å²) in [5.74, 6) is 0.329. The maximum absolute atomic E-state index is 11.8. The van der Waals surface area contributed by atoms with Gasteiger partial charge >= 0.3 is 0 Å². The summed E-state index contributed by atoms with van der Waals surface area (Å²) in [4.78, 5) is 2.40. The zero-order valence-corrected chi connectivity index (χ0v) is 19.0. The molecule has 32 heavy (non-hydrogen) atoms. The molecule has 1 N–H and O–H groups in total. The summed E-state index contributed by atoms with van der Waals surface area (Å²) in [7, 11) is 1.54. The van der Waals surface area contributed by atoms with Gasteiger partial charge in [-0.3, -0.25) is 4.90 Å². The van der Waals surface area contributed by atoms with E-state index in [-0.39, 0.29) is 12.1 Å². The van der Waals surface area contributed by atoms with E-state index in [1.807, 2.05) is 12.1 Å². The first-order valence-corrected chi connectivity index (χ1v) is 11.3. The minimum absolute atomic E-state index is 0.0227. The van der Waals surface area contributed by atoms with Gasteiger partial charge in [-0.25, -0.2) is 0 Å². The molecule has 4 atom stereocenters. The van der Waals surface area contributed by atoms with E-state index in [4.69, 9.17) is 14.2 Å². The van der Waals surface area contributed by atoms with Crippen molar-refractivity contribution in [3.8, 4) is 0 Å². The van der Waals surface area contributed by atoms with Crippen molar-refractivity contribution in [2.24, 2.45) is 0 Å². The van der Waals surface area contributed by atoms with Gasteiger partial charge in [-0.15, -0.1) is 0 Å². The minimum Gasteiger partial charge on any atom is -0.490 e. The Bertz CT molecular complexity index is 897. The molecule has 1 unspecified atom stereocenters. The van der Waals surface area contributed by atoms with E-state index >= 15 is 0 Å². The molecule has 2 aliphatic heterocycles. The van der Waals surface area contributed by atoms with Gasteiger partial charge in [0.25, 0.3) is 0 Å². The molecule has 0 amide bonds. The highest BCUT2D eigenvalue weighted by Gasteiger charge is 2.66. The van der Waals surface area contributed by atoms with Crippen LogP contribution in [0.15, 0.2) is 78.7 Å². The summed E-state index contributed by atoms with van der Waals surface area (Å²) in [5, 5.41) is 11.8. The van der Waals surface area contributed by atoms with E-state index in [0.717, 1.165) is 13.1 Å². The number of hydrogen-bond acceptors (Lipinski definition) is 5. The van der Waals surface area contributed by atoms with E-state index in [1.165, 1.54) is 11.1 Å². The van der Waals surface area contributed by atoms with E-state index in [0.29, 0.717) is 31.8 Å². The highest BCUT2D eigenvalue weighted by Crippen LogP contribution is 2.50. The number of aliphatic hydroxyl groups is 1. The molecular weight excluding hydrogens is 402 g/mol. The normalized spacial score (nSPS) is 28.1. The minimum atomic E-state index is -1.32. The number of methoxy groups -OCH3 is 1. The molecule has 0 bridgehead atoms. The number of benzene rings is 2. The van der Waals surface area contributed by atoms with E-state index in [1.54, 1.807) is 7.11 Å². The summed E-state index contributed by atoms with van der Waals surface area (Å²) in [6.07, 6.45) is 0.696. The standard InChI is InChI=1S/C27H33NO4/c1-4-24(30-3)26(29)15-18-32-27(26)16-17-31-25(27)21(2)28(19-22-11-7-5-8-12-22)20-23-13-9-6-10-14-23/h5-14,21,25,29H,1,15-20H2,2-3H3/t21?,25-,26+,27-/m0/s1. The quantitative estimate of drug-likeness (QED) is 0.500. The molecule has 2 fully saturated rings. The lowest BCUT2D eigenvalue weighted by molar-refractivity contribution is -0.166. The highest BCUT2D eigenvalue weighted by atomic mass is 16.6. The summed E-state index contributed by atoms with van der Waals surface area (Å²) >= 11 is 0. The first-order valence-electron chi connectivity index (χ1n) is 11.3. The average molecular weight is 436 g/mol. The topological polar surface area (TPSA) is 51.2 Å². The summed E-state index contributed by atoms with van der Waals surface area (Å²) in [6, 6.07) is 20.9. The second-order valence-electron chi connectivity index (χ2n) is 8.72. The van der Waals surface area contributed by atoms with Gasteiger partial charge in [0.1, 0.15) is 11.7 Å². The van der Waals surface area contributed by atoms with Crippen molar-refractivity contribution >= 4 is 0 Å². The van der Waals surface area contributed by atoms with Crippen LogP contribution in [0.5, 0.6) is 0 Å². The van der Waals surface area contributed by atoms with Gasteiger partial charge in [0.2, 0.25) is 0 Å². The molecule has 5 nitrogen and oxygen atoms in total. The Morgan fingerprint density at radius 1 is 1.09 bits per heavy atom. The maximum Gasteiger partial charge on any atom is 0.172 e. The fraction of sp³-hybridized carbons (Fsp3) is 0.444. The first kappa shape index (κ1) is 22.8. The van der Waals surface area contributed by atoms with Gasteiger partial charge in [0.05, 0.1) is 20.3 Å². The molecule has 0 saturated carbocycles. The van der Waals surface area contributed by atoms with Gasteiger partial charge in [-0.1, -0.05) is 73.0 Å². The molecule has 4 rings (SSSR count). The smallest absolute Gasteiger partial charge is 0.172 e. The van der Waals surface area contributed by atoms with Crippen molar-refractivity contribution in [3.63, 3.8) is 0 Å². The molecule has 2 saturated heterocycles. The predicted octanol–water partition coefficient (Wildman–Crippen LogP) is 4.07. The molecule has 1 spiro atoms. The second-order valence-corrected chi connectivity index (χ2v) is 8.72. The lowest BCUT2D eigenvalue weighted by Crippen LogP contribution is -2.62. The van der Waals surface area contributed by atoms with Crippen molar-refractivity contribution in [3.05, 3.63) is 89.9 Å². The van der Waals surface area contributed by atoms with Crippen LogP contribution < -0.4 is 0 Å². The van der Waals surface area contributed by atoms with Crippen molar-refractivity contribution in [1.82, 2.24) is 4.90 Å². The number of hydrogen-bond donors (Lipinski definition) is 1. The van der Waals surface area contributed by atoms with Gasteiger partial charge in [-0.2, -0.15) is 0 Å². The van der Waals surface area contributed by atoms with Crippen LogP contribution in [0.25, 0.3) is 0 Å². The van der Waals surface area contributed by atoms with Crippen LogP contribution in [0.2, 0.25) is 0 Å². The fourth-order valence-electron chi connectivity index (χ4n) is 5.32. The third kappa shape index (κ3) is 4.03. The summed E-state index contributed by atoms with van der Waals surface area (Å²) < 4.78 is 18.1. The van der Waals surface area contributed by atoms with Crippen LogP contribution in [0.4, 0.5) is 0 Å². The third-order valence-electron chi connectivity index (χ3n) is 6.97. The third-order valence-corrected chi connectivity index (χ3v) is 6.97. The predicted molar refractivity (Wildman–Crippen MR) is 124 cm³/mol. The molecule has 0 radical (unpaired) electrons. The van der Waals surface area contributed by atoms with Crippen molar-refractivity contribution in [2.75, 3.05) is 20.3 Å². The van der Waals surface area contributed by atoms with Crippen LogP contribution in [0.1, 0.15) is 30.9 Å². The molecule has 2 heterocycles. The first-order chi connectivity index (χ1) is 15.5. The monoisotopic (exact) mass is 435 g/mol. The zero-order chi connectivity index (χ0) is 22.6. The highest BCUT2D eigenvalue weighted by molar-refractivity contribution is 5.26. The van der Waals surface area contributed by atoms with Crippen molar-refractivity contribution in [2.45, 2.75) is 56.2 Å². The van der Waals surface area contributed by atoms with Gasteiger partial charge in [-0.05, 0) is 18.1 Å². The Balaban J connectivity index is 1.67. The van der Waals surface area contributed by atoms with Crippen LogP contribution in [-0.2, 0) is 27.3 Å². The maximum atomic E-state index is 11.8.